The third-order valence-electron chi connectivity index (χ3n) is 7.93. The summed E-state index contributed by atoms with van der Waals surface area (Å²) in [5.41, 5.74) is 4.98. The minimum absolute atomic E-state index is 0.295. The maximum absolute atomic E-state index is 10.2. The lowest BCUT2D eigenvalue weighted by Gasteiger charge is -2.46. The zero-order chi connectivity index (χ0) is 23.7. The molecule has 2 unspecified atom stereocenters. The topological polar surface area (TPSA) is 88.4 Å². The van der Waals surface area contributed by atoms with Gasteiger partial charge in [-0.1, -0.05) is 30.3 Å². The summed E-state index contributed by atoms with van der Waals surface area (Å²) in [7, 11) is 0. The highest BCUT2D eigenvalue weighted by Gasteiger charge is 2.42. The van der Waals surface area contributed by atoms with Crippen molar-refractivity contribution < 1.29 is 29.5 Å². The van der Waals surface area contributed by atoms with Gasteiger partial charge in [-0.15, -0.1) is 0 Å². The first-order chi connectivity index (χ1) is 16.4. The molecule has 0 radical (unpaired) electrons. The van der Waals surface area contributed by atoms with E-state index in [0.29, 0.717) is 17.9 Å². The van der Waals surface area contributed by atoms with Gasteiger partial charge in [0.05, 0.1) is 38.1 Å². The Morgan fingerprint density at radius 3 is 2.41 bits per heavy atom. The van der Waals surface area contributed by atoms with Gasteiger partial charge in [0.2, 0.25) is 0 Å². The van der Waals surface area contributed by atoms with Gasteiger partial charge < -0.3 is 29.5 Å². The highest BCUT2D eigenvalue weighted by atomic mass is 16.5. The Hall–Kier alpha value is -1.96. The van der Waals surface area contributed by atoms with Crippen molar-refractivity contribution in [3.05, 3.63) is 64.7 Å². The molecule has 6 heteroatoms. The van der Waals surface area contributed by atoms with E-state index in [2.05, 4.69) is 43.3 Å². The SMILES string of the molecule is Cc1ccc([C@@H]2CC(O)[C@H](O)C(CO)O2)cc1Cc1ccc(OC2CCC3(CC2)COC3)cc1. The third-order valence-corrected chi connectivity index (χ3v) is 7.93. The molecule has 0 aromatic heterocycles. The van der Waals surface area contributed by atoms with Crippen LogP contribution in [0.5, 0.6) is 5.75 Å². The van der Waals surface area contributed by atoms with E-state index < -0.39 is 18.3 Å². The van der Waals surface area contributed by atoms with Crippen LogP contribution < -0.4 is 4.74 Å². The van der Waals surface area contributed by atoms with Crippen molar-refractivity contribution in [3.8, 4) is 5.75 Å². The van der Waals surface area contributed by atoms with Gasteiger partial charge >= 0.3 is 0 Å². The standard InChI is InChI=1S/C28H36O6/c1-18-2-5-20(25-14-24(30)27(31)26(15-29)34-25)13-21(18)12-19-3-6-22(7-4-19)33-23-8-10-28(11-9-23)16-32-17-28/h2-7,13,23-27,29-31H,8-12,14-17H2,1H3/t24?,25-,26?,27-/m0/s1. The van der Waals surface area contributed by atoms with Gasteiger partial charge in [-0.05, 0) is 73.4 Å². The average Bonchev–Trinajstić information content (AvgIpc) is 2.83. The molecule has 2 aromatic carbocycles. The fourth-order valence-corrected chi connectivity index (χ4v) is 5.50. The summed E-state index contributed by atoms with van der Waals surface area (Å²) in [6.07, 6.45) is 2.88. The Morgan fingerprint density at radius 2 is 1.76 bits per heavy atom. The molecule has 2 aliphatic heterocycles. The van der Waals surface area contributed by atoms with Crippen LogP contribution >= 0.6 is 0 Å². The zero-order valence-electron chi connectivity index (χ0n) is 19.9. The molecular formula is C28H36O6. The summed E-state index contributed by atoms with van der Waals surface area (Å²) < 4.78 is 17.6. The zero-order valence-corrected chi connectivity index (χ0v) is 19.9. The first kappa shape index (κ1) is 23.8. The molecule has 6 nitrogen and oxygen atoms in total. The van der Waals surface area contributed by atoms with E-state index in [1.165, 1.54) is 29.5 Å². The Balaban J connectivity index is 1.21. The molecule has 0 amide bonds. The van der Waals surface area contributed by atoms with E-state index in [4.69, 9.17) is 14.2 Å². The fraction of sp³-hybridized carbons (Fsp3) is 0.571. The molecule has 2 heterocycles. The van der Waals surface area contributed by atoms with E-state index >= 15 is 0 Å². The summed E-state index contributed by atoms with van der Waals surface area (Å²) in [6, 6.07) is 14.6. The smallest absolute Gasteiger partial charge is 0.119 e. The first-order valence-corrected chi connectivity index (χ1v) is 12.5. The van der Waals surface area contributed by atoms with Crippen LogP contribution in [0, 0.1) is 12.3 Å². The van der Waals surface area contributed by atoms with Gasteiger partial charge in [-0.3, -0.25) is 0 Å². The molecule has 5 rings (SSSR count). The van der Waals surface area contributed by atoms with E-state index in [1.807, 2.05) is 6.07 Å². The molecule has 3 aliphatic rings. The van der Waals surface area contributed by atoms with Gasteiger partial charge in [0, 0.05) is 11.8 Å². The minimum atomic E-state index is -1.06. The summed E-state index contributed by atoms with van der Waals surface area (Å²) in [5, 5.41) is 29.7. The number of ether oxygens (including phenoxy) is 3. The van der Waals surface area contributed by atoms with E-state index in [9.17, 15) is 15.3 Å². The molecule has 3 fully saturated rings. The van der Waals surface area contributed by atoms with Gasteiger partial charge in [-0.2, -0.15) is 0 Å². The molecule has 3 N–H and O–H groups in total. The van der Waals surface area contributed by atoms with Crippen LogP contribution in [0.25, 0.3) is 0 Å². The van der Waals surface area contributed by atoms with Crippen LogP contribution in [-0.4, -0.2) is 59.6 Å². The van der Waals surface area contributed by atoms with E-state index in [-0.39, 0.29) is 12.7 Å². The Labute approximate surface area is 201 Å². The van der Waals surface area contributed by atoms with Gasteiger partial charge in [0.15, 0.2) is 0 Å². The second kappa shape index (κ2) is 9.96. The first-order valence-electron chi connectivity index (χ1n) is 12.5. The number of aliphatic hydroxyl groups is 3. The molecular weight excluding hydrogens is 432 g/mol. The van der Waals surface area contributed by atoms with Crippen molar-refractivity contribution in [2.24, 2.45) is 5.41 Å². The van der Waals surface area contributed by atoms with Crippen LogP contribution in [0.4, 0.5) is 0 Å². The quantitative estimate of drug-likeness (QED) is 0.602. The summed E-state index contributed by atoms with van der Waals surface area (Å²) in [5.74, 6) is 0.929. The van der Waals surface area contributed by atoms with Crippen molar-refractivity contribution in [1.82, 2.24) is 0 Å². The number of aryl methyl sites for hydroxylation is 1. The van der Waals surface area contributed by atoms with Crippen molar-refractivity contribution in [3.63, 3.8) is 0 Å². The highest BCUT2D eigenvalue weighted by molar-refractivity contribution is 5.38. The second-order valence-electron chi connectivity index (χ2n) is 10.5. The van der Waals surface area contributed by atoms with Crippen LogP contribution in [0.3, 0.4) is 0 Å². The van der Waals surface area contributed by atoms with Crippen LogP contribution in [0.15, 0.2) is 42.5 Å². The molecule has 2 saturated heterocycles. The van der Waals surface area contributed by atoms with Gasteiger partial charge in [0.25, 0.3) is 0 Å². The molecule has 1 saturated carbocycles. The lowest BCUT2D eigenvalue weighted by molar-refractivity contribution is -0.181. The number of benzene rings is 2. The highest BCUT2D eigenvalue weighted by Crippen LogP contribution is 2.43. The number of hydrogen-bond donors (Lipinski definition) is 3. The normalized spacial score (nSPS) is 29.1. The Morgan fingerprint density at radius 1 is 1.03 bits per heavy atom. The lowest BCUT2D eigenvalue weighted by Crippen LogP contribution is -2.47. The Bertz CT molecular complexity index is 959. The minimum Gasteiger partial charge on any atom is -0.490 e. The van der Waals surface area contributed by atoms with Gasteiger partial charge in [0.1, 0.15) is 18.0 Å². The number of aliphatic hydroxyl groups excluding tert-OH is 3. The van der Waals surface area contributed by atoms with Crippen LogP contribution in [-0.2, 0) is 15.9 Å². The molecule has 184 valence electrons. The fourth-order valence-electron chi connectivity index (χ4n) is 5.50. The van der Waals surface area contributed by atoms with Crippen LogP contribution in [0.1, 0.15) is 60.5 Å². The van der Waals surface area contributed by atoms with Crippen molar-refractivity contribution >= 4 is 0 Å². The molecule has 1 aliphatic carbocycles. The summed E-state index contributed by atoms with van der Waals surface area (Å²) in [4.78, 5) is 0. The summed E-state index contributed by atoms with van der Waals surface area (Å²) >= 11 is 0. The maximum atomic E-state index is 10.2. The van der Waals surface area contributed by atoms with Crippen molar-refractivity contribution in [1.29, 1.82) is 0 Å². The average molecular weight is 469 g/mol. The molecule has 34 heavy (non-hydrogen) atoms. The van der Waals surface area contributed by atoms with Crippen molar-refractivity contribution in [2.45, 2.75) is 76.0 Å². The number of rotatable bonds is 6. The monoisotopic (exact) mass is 468 g/mol. The number of hydrogen-bond acceptors (Lipinski definition) is 6. The maximum Gasteiger partial charge on any atom is 0.119 e. The van der Waals surface area contributed by atoms with Crippen molar-refractivity contribution in [2.75, 3.05) is 19.8 Å². The summed E-state index contributed by atoms with van der Waals surface area (Å²) in [6.45, 7) is 3.62. The molecule has 4 atom stereocenters. The molecule has 2 aromatic rings. The molecule has 1 spiro atoms. The predicted molar refractivity (Wildman–Crippen MR) is 128 cm³/mol. The van der Waals surface area contributed by atoms with E-state index in [1.54, 1.807) is 0 Å². The predicted octanol–water partition coefficient (Wildman–Crippen LogP) is 3.47. The third kappa shape index (κ3) is 5.02. The largest absolute Gasteiger partial charge is 0.490 e. The Kier molecular flexibility index (Phi) is 6.96. The van der Waals surface area contributed by atoms with E-state index in [0.717, 1.165) is 43.8 Å². The lowest BCUT2D eigenvalue weighted by atomic mass is 9.72. The van der Waals surface area contributed by atoms with Crippen LogP contribution in [0.2, 0.25) is 0 Å². The van der Waals surface area contributed by atoms with Gasteiger partial charge in [-0.25, -0.2) is 0 Å². The molecule has 0 bridgehead atoms. The second-order valence-corrected chi connectivity index (χ2v) is 10.5.